The number of nitrogens with zero attached hydrogens (tertiary/aromatic N) is 2. The highest BCUT2D eigenvalue weighted by Crippen LogP contribution is 2.38. The summed E-state index contributed by atoms with van der Waals surface area (Å²) in [6.45, 7) is 7.46. The zero-order chi connectivity index (χ0) is 29.7. The molecule has 1 fully saturated rings. The molecule has 2 heterocycles. The van der Waals surface area contributed by atoms with Crippen LogP contribution in [0.2, 0.25) is 0 Å². The van der Waals surface area contributed by atoms with Crippen molar-refractivity contribution in [3.05, 3.63) is 89.0 Å². The smallest absolute Gasteiger partial charge is 0.243 e. The van der Waals surface area contributed by atoms with Crippen LogP contribution in [0.3, 0.4) is 0 Å². The van der Waals surface area contributed by atoms with Gasteiger partial charge in [0.2, 0.25) is 10.0 Å². The quantitative estimate of drug-likeness (QED) is 0.317. The molecule has 0 aliphatic carbocycles. The number of aryl methyl sites for hydroxylation is 2. The van der Waals surface area contributed by atoms with Crippen LogP contribution >= 0.6 is 0 Å². The molecule has 3 aromatic carbocycles. The predicted octanol–water partition coefficient (Wildman–Crippen LogP) is 4.87. The summed E-state index contributed by atoms with van der Waals surface area (Å²) in [4.78, 5) is 2.51. The van der Waals surface area contributed by atoms with Gasteiger partial charge in [-0.2, -0.15) is 4.31 Å². The second kappa shape index (κ2) is 13.6. The first-order valence-electron chi connectivity index (χ1n) is 14.8. The van der Waals surface area contributed by atoms with Crippen molar-refractivity contribution < 1.29 is 27.7 Å². The van der Waals surface area contributed by atoms with E-state index >= 15 is 0 Å². The van der Waals surface area contributed by atoms with Gasteiger partial charge in [0.15, 0.2) is 0 Å². The maximum absolute atomic E-state index is 14.0. The third-order valence-electron chi connectivity index (χ3n) is 8.16. The van der Waals surface area contributed by atoms with Crippen molar-refractivity contribution in [3.63, 3.8) is 0 Å². The van der Waals surface area contributed by atoms with Gasteiger partial charge in [0.05, 0.1) is 42.0 Å². The topological polar surface area (TPSA) is 88.5 Å². The van der Waals surface area contributed by atoms with E-state index in [9.17, 15) is 13.5 Å². The van der Waals surface area contributed by atoms with Gasteiger partial charge in [-0.05, 0) is 60.7 Å². The van der Waals surface area contributed by atoms with Gasteiger partial charge in [-0.1, -0.05) is 55.0 Å². The van der Waals surface area contributed by atoms with Crippen molar-refractivity contribution in [3.8, 4) is 5.75 Å². The highest BCUT2D eigenvalue weighted by Gasteiger charge is 2.43. The standard InChI is InChI=1S/C33H42N2O6S/c1-4-25-8-11-27(12-9-25)33-31(36)21-28(22-35(33)42(37,38)29-13-6-24(2)7-14-29)41-23-26-10-15-32-30(20-26)34(17-19-40-32)16-5-18-39-3/h6-15,20,28,31,33,36H,4-5,16-19,21-23H2,1-3H3. The predicted molar refractivity (Wildman–Crippen MR) is 163 cm³/mol. The summed E-state index contributed by atoms with van der Waals surface area (Å²) >= 11 is 0. The first-order chi connectivity index (χ1) is 20.3. The number of fused-ring (bicyclic) bond motifs is 1. The third-order valence-corrected chi connectivity index (χ3v) is 10.0. The summed E-state index contributed by atoms with van der Waals surface area (Å²) in [6.07, 6.45) is 0.733. The fourth-order valence-electron chi connectivity index (χ4n) is 5.79. The van der Waals surface area contributed by atoms with Crippen molar-refractivity contribution >= 4 is 15.7 Å². The number of rotatable bonds is 11. The van der Waals surface area contributed by atoms with Crippen molar-refractivity contribution in [1.29, 1.82) is 0 Å². The molecule has 5 rings (SSSR count). The molecule has 0 radical (unpaired) electrons. The molecule has 226 valence electrons. The minimum atomic E-state index is -3.91. The first kappa shape index (κ1) is 30.5. The van der Waals surface area contributed by atoms with E-state index in [2.05, 4.69) is 17.9 Å². The molecule has 0 bridgehead atoms. The monoisotopic (exact) mass is 594 g/mol. The zero-order valence-electron chi connectivity index (χ0n) is 24.7. The summed E-state index contributed by atoms with van der Waals surface area (Å²) in [6, 6.07) is 20.0. The average Bonchev–Trinajstić information content (AvgIpc) is 3.00. The van der Waals surface area contributed by atoms with Crippen molar-refractivity contribution in [2.45, 2.75) is 62.9 Å². The molecule has 0 amide bonds. The Bertz CT molecular complexity index is 1430. The molecule has 1 saturated heterocycles. The number of ether oxygens (including phenoxy) is 3. The van der Waals surface area contributed by atoms with Crippen molar-refractivity contribution in [2.24, 2.45) is 0 Å². The molecule has 3 atom stereocenters. The highest BCUT2D eigenvalue weighted by atomic mass is 32.2. The fraction of sp³-hybridized carbons (Fsp3) is 0.455. The Labute approximate surface area is 249 Å². The van der Waals surface area contributed by atoms with E-state index in [-0.39, 0.29) is 11.4 Å². The molecular formula is C33H42N2O6S. The number of hydrogen-bond acceptors (Lipinski definition) is 7. The minimum absolute atomic E-state index is 0.144. The molecule has 3 aromatic rings. The Morgan fingerprint density at radius 1 is 1.02 bits per heavy atom. The number of benzene rings is 3. The van der Waals surface area contributed by atoms with E-state index in [1.165, 1.54) is 4.31 Å². The second-order valence-electron chi connectivity index (χ2n) is 11.1. The Kier molecular flexibility index (Phi) is 9.85. The normalized spacial score (nSPS) is 21.1. The summed E-state index contributed by atoms with van der Waals surface area (Å²) in [5.74, 6) is 0.850. The number of anilines is 1. The van der Waals surface area contributed by atoms with Crippen LogP contribution in [-0.4, -0.2) is 70.0 Å². The molecule has 2 aliphatic heterocycles. The molecule has 8 nitrogen and oxygen atoms in total. The number of hydrogen-bond donors (Lipinski definition) is 1. The van der Waals surface area contributed by atoms with Gasteiger partial charge < -0.3 is 24.2 Å². The van der Waals surface area contributed by atoms with Gasteiger partial charge in [-0.15, -0.1) is 0 Å². The van der Waals surface area contributed by atoms with Crippen molar-refractivity contribution in [2.75, 3.05) is 44.9 Å². The SMILES string of the molecule is CCc1ccc(C2C(O)CC(OCc3ccc4c(c3)N(CCCOC)CCO4)CN2S(=O)(=O)c2ccc(C)cc2)cc1. The Morgan fingerprint density at radius 2 is 1.76 bits per heavy atom. The van der Waals surface area contributed by atoms with Crippen LogP contribution in [0.15, 0.2) is 71.6 Å². The Morgan fingerprint density at radius 3 is 2.48 bits per heavy atom. The number of sulfonamides is 1. The lowest BCUT2D eigenvalue weighted by Crippen LogP contribution is -2.51. The Hall–Kier alpha value is -2.95. The molecule has 0 saturated carbocycles. The molecule has 0 spiro atoms. The van der Waals surface area contributed by atoms with E-state index in [0.717, 1.165) is 59.6 Å². The van der Waals surface area contributed by atoms with Gasteiger partial charge in [-0.3, -0.25) is 0 Å². The fourth-order valence-corrected chi connectivity index (χ4v) is 7.46. The molecular weight excluding hydrogens is 552 g/mol. The molecule has 3 unspecified atom stereocenters. The largest absolute Gasteiger partial charge is 0.490 e. The minimum Gasteiger partial charge on any atom is -0.490 e. The van der Waals surface area contributed by atoms with Crippen LogP contribution < -0.4 is 9.64 Å². The van der Waals surface area contributed by atoms with Crippen LogP contribution in [0.4, 0.5) is 5.69 Å². The maximum Gasteiger partial charge on any atom is 0.243 e. The van der Waals surface area contributed by atoms with Crippen LogP contribution in [0.25, 0.3) is 0 Å². The summed E-state index contributed by atoms with van der Waals surface area (Å²) in [5, 5.41) is 11.4. The van der Waals surface area contributed by atoms with Crippen molar-refractivity contribution in [1.82, 2.24) is 4.31 Å². The molecule has 1 N–H and O–H groups in total. The average molecular weight is 595 g/mol. The highest BCUT2D eigenvalue weighted by molar-refractivity contribution is 7.89. The lowest BCUT2D eigenvalue weighted by Gasteiger charge is -2.42. The van der Waals surface area contributed by atoms with E-state index in [0.29, 0.717) is 26.2 Å². The van der Waals surface area contributed by atoms with E-state index < -0.39 is 28.3 Å². The van der Waals surface area contributed by atoms with Crippen LogP contribution in [0.1, 0.15) is 48.1 Å². The van der Waals surface area contributed by atoms with Crippen LogP contribution in [-0.2, 0) is 32.5 Å². The van der Waals surface area contributed by atoms with Crippen LogP contribution in [0, 0.1) is 6.92 Å². The summed E-state index contributed by atoms with van der Waals surface area (Å²) < 4.78 is 46.9. The number of piperidine rings is 1. The van der Waals surface area contributed by atoms with Gasteiger partial charge in [0.25, 0.3) is 0 Å². The van der Waals surface area contributed by atoms with Gasteiger partial charge in [0, 0.05) is 33.2 Å². The number of aliphatic hydroxyl groups is 1. The molecule has 2 aliphatic rings. The Balaban J connectivity index is 1.36. The van der Waals surface area contributed by atoms with Gasteiger partial charge in [-0.25, -0.2) is 8.42 Å². The lowest BCUT2D eigenvalue weighted by atomic mass is 9.92. The molecule has 0 aromatic heterocycles. The van der Waals surface area contributed by atoms with E-state index in [1.54, 1.807) is 31.4 Å². The van der Waals surface area contributed by atoms with Crippen LogP contribution in [0.5, 0.6) is 5.75 Å². The van der Waals surface area contributed by atoms with E-state index in [4.69, 9.17) is 14.2 Å². The summed E-state index contributed by atoms with van der Waals surface area (Å²) in [7, 11) is -2.20. The number of aliphatic hydroxyl groups excluding tert-OH is 1. The number of methoxy groups -OCH3 is 1. The molecule has 42 heavy (non-hydrogen) atoms. The first-order valence-corrected chi connectivity index (χ1v) is 16.2. The second-order valence-corrected chi connectivity index (χ2v) is 13.0. The maximum atomic E-state index is 14.0. The third kappa shape index (κ3) is 6.82. The summed E-state index contributed by atoms with van der Waals surface area (Å²) in [5.41, 5.74) is 4.91. The lowest BCUT2D eigenvalue weighted by molar-refractivity contribution is -0.0588. The molecule has 9 heteroatoms. The zero-order valence-corrected chi connectivity index (χ0v) is 25.6. The van der Waals surface area contributed by atoms with E-state index in [1.807, 2.05) is 43.3 Å². The van der Waals surface area contributed by atoms with Gasteiger partial charge >= 0.3 is 0 Å². The van der Waals surface area contributed by atoms with Gasteiger partial charge in [0.1, 0.15) is 12.4 Å².